The van der Waals surface area contributed by atoms with Gasteiger partial charge in [-0.05, 0) is 25.3 Å². The fourth-order valence-corrected chi connectivity index (χ4v) is 4.01. The number of aliphatic carboxylic acids is 1. The predicted molar refractivity (Wildman–Crippen MR) is 140 cm³/mol. The van der Waals surface area contributed by atoms with Crippen molar-refractivity contribution in [3.8, 4) is 0 Å². The maximum atomic E-state index is 13.5. The Hall–Kier alpha value is -4.53. The molecule has 15 heteroatoms. The molecule has 15 nitrogen and oxygen atoms in total. The van der Waals surface area contributed by atoms with Crippen LogP contribution in [0.3, 0.4) is 0 Å². The number of hydrogen-bond acceptors (Lipinski definition) is 8. The molecule has 0 bridgehead atoms. The van der Waals surface area contributed by atoms with Crippen LogP contribution in [0, 0.1) is 0 Å². The fourth-order valence-electron chi connectivity index (χ4n) is 4.01. The van der Waals surface area contributed by atoms with Crippen molar-refractivity contribution >= 4 is 41.4 Å². The van der Waals surface area contributed by atoms with Crippen molar-refractivity contribution in [1.29, 1.82) is 0 Å². The van der Waals surface area contributed by atoms with Crippen LogP contribution >= 0.6 is 0 Å². The average molecular weight is 562 g/mol. The summed E-state index contributed by atoms with van der Waals surface area (Å²) in [5.74, 6) is -4.84. The second-order valence-electron chi connectivity index (χ2n) is 9.10. The number of carbonyl (C=O) groups is 7. The molecule has 2 rings (SSSR count). The van der Waals surface area contributed by atoms with Crippen LogP contribution in [0.1, 0.15) is 25.3 Å². The minimum Gasteiger partial charge on any atom is -0.480 e. The summed E-state index contributed by atoms with van der Waals surface area (Å²) in [7, 11) is 0. The van der Waals surface area contributed by atoms with Crippen molar-refractivity contribution in [2.24, 2.45) is 5.73 Å². The Labute approximate surface area is 230 Å². The predicted octanol–water partition coefficient (Wildman–Crippen LogP) is -3.40. The van der Waals surface area contributed by atoms with Gasteiger partial charge in [-0.25, -0.2) is 0 Å². The van der Waals surface area contributed by atoms with E-state index in [1.807, 2.05) is 0 Å². The minimum absolute atomic E-state index is 0.113. The number of amides is 6. The van der Waals surface area contributed by atoms with Crippen LogP contribution in [-0.2, 0) is 40.0 Å². The number of rotatable bonds is 14. The quantitative estimate of drug-likeness (QED) is 0.120. The Kier molecular flexibility index (Phi) is 12.5. The molecule has 8 N–H and O–H groups in total. The molecule has 1 aliphatic heterocycles. The summed E-state index contributed by atoms with van der Waals surface area (Å²) in [6, 6.07) is 6.03. The number of nitrogens with zero attached hydrogens (tertiary/aromatic N) is 1. The number of carboxylic acid groups (broad SMARTS) is 1. The monoisotopic (exact) mass is 561 g/mol. The third-order valence-electron chi connectivity index (χ3n) is 5.99. The molecule has 1 aromatic carbocycles. The van der Waals surface area contributed by atoms with Gasteiger partial charge in [0.15, 0.2) is 0 Å². The topological polar surface area (TPSA) is 229 Å². The lowest BCUT2D eigenvalue weighted by Crippen LogP contribution is -2.55. The molecule has 0 unspecified atom stereocenters. The molecule has 1 heterocycles. The van der Waals surface area contributed by atoms with Crippen molar-refractivity contribution in [3.05, 3.63) is 35.9 Å². The summed E-state index contributed by atoms with van der Waals surface area (Å²) in [6.07, 6.45) is 0.987. The van der Waals surface area contributed by atoms with Crippen LogP contribution < -0.4 is 32.3 Å². The molecule has 1 saturated heterocycles. The highest BCUT2D eigenvalue weighted by Gasteiger charge is 2.37. The van der Waals surface area contributed by atoms with Crippen LogP contribution in [0.4, 0.5) is 0 Å². The summed E-state index contributed by atoms with van der Waals surface area (Å²) in [5.41, 5.74) is 5.92. The van der Waals surface area contributed by atoms with Crippen molar-refractivity contribution < 1.29 is 38.7 Å². The van der Waals surface area contributed by atoms with Crippen molar-refractivity contribution in [2.75, 3.05) is 32.7 Å². The van der Waals surface area contributed by atoms with E-state index in [0.717, 1.165) is 5.56 Å². The Morgan fingerprint density at radius 2 is 1.60 bits per heavy atom. The first-order valence-electron chi connectivity index (χ1n) is 12.7. The third-order valence-corrected chi connectivity index (χ3v) is 5.99. The Bertz CT molecular complexity index is 1100. The van der Waals surface area contributed by atoms with Gasteiger partial charge in [0.2, 0.25) is 35.4 Å². The molecule has 0 saturated carbocycles. The van der Waals surface area contributed by atoms with Crippen LogP contribution in [0.25, 0.3) is 0 Å². The van der Waals surface area contributed by atoms with E-state index in [1.165, 1.54) is 11.8 Å². The van der Waals surface area contributed by atoms with E-state index in [4.69, 9.17) is 10.8 Å². The van der Waals surface area contributed by atoms with Crippen molar-refractivity contribution in [2.45, 2.75) is 44.3 Å². The van der Waals surface area contributed by atoms with Crippen molar-refractivity contribution in [1.82, 2.24) is 31.5 Å². The van der Waals surface area contributed by atoms with Gasteiger partial charge >= 0.3 is 5.97 Å². The zero-order chi connectivity index (χ0) is 29.7. The highest BCUT2D eigenvalue weighted by Crippen LogP contribution is 2.19. The number of benzene rings is 1. The maximum absolute atomic E-state index is 13.5. The molecule has 6 amide bonds. The maximum Gasteiger partial charge on any atom is 0.322 e. The standard InChI is InChI=1S/C25H35N7O8/c1-15(30-19(33)11-26)23(38)28-12-20(34)27-13-21(35)31-17(10-16-6-3-2-4-7-16)25(40)32-9-5-8-18(32)24(39)29-14-22(36)37/h2-4,6-7,15,17-18H,5,8-14,26H2,1H3,(H,27,34)(H,28,38)(H,29,39)(H,30,33)(H,31,35)(H,36,37)/t15-,17-,18-/m0/s1. The van der Waals surface area contributed by atoms with E-state index in [-0.39, 0.29) is 19.5 Å². The lowest BCUT2D eigenvalue weighted by atomic mass is 10.0. The largest absolute Gasteiger partial charge is 0.480 e. The SMILES string of the molecule is C[C@H](NC(=O)CN)C(=O)NCC(=O)NCC(=O)N[C@@H](Cc1ccccc1)C(=O)N1CCC[C@H]1C(=O)NCC(=O)O. The van der Waals surface area contributed by atoms with Crippen molar-refractivity contribution in [3.63, 3.8) is 0 Å². The molecule has 40 heavy (non-hydrogen) atoms. The lowest BCUT2D eigenvalue weighted by Gasteiger charge is -2.29. The van der Waals surface area contributed by atoms with E-state index >= 15 is 0 Å². The lowest BCUT2D eigenvalue weighted by molar-refractivity contribution is -0.142. The molecule has 1 aliphatic rings. The summed E-state index contributed by atoms with van der Waals surface area (Å²) < 4.78 is 0. The number of hydrogen-bond donors (Lipinski definition) is 7. The number of nitrogens with two attached hydrogens (primary N) is 1. The minimum atomic E-state index is -1.21. The number of nitrogens with one attached hydrogen (secondary N) is 5. The molecule has 1 aromatic rings. The van der Waals surface area contributed by atoms with Gasteiger partial charge in [0.05, 0.1) is 19.6 Å². The molecular formula is C25H35N7O8. The summed E-state index contributed by atoms with van der Waals surface area (Å²) >= 11 is 0. The molecular weight excluding hydrogens is 526 g/mol. The first-order chi connectivity index (χ1) is 19.0. The summed E-state index contributed by atoms with van der Waals surface area (Å²) in [6.45, 7) is -0.150. The smallest absolute Gasteiger partial charge is 0.322 e. The molecule has 0 aromatic heterocycles. The first kappa shape index (κ1) is 31.7. The van der Waals surface area contributed by atoms with Crippen LogP contribution in [0.15, 0.2) is 30.3 Å². The molecule has 0 spiro atoms. The van der Waals surface area contributed by atoms with Gasteiger partial charge in [-0.1, -0.05) is 30.3 Å². The van der Waals surface area contributed by atoms with Gasteiger partial charge < -0.3 is 42.3 Å². The second kappa shape index (κ2) is 15.8. The first-order valence-corrected chi connectivity index (χ1v) is 12.7. The van der Waals surface area contributed by atoms with Gasteiger partial charge in [-0.15, -0.1) is 0 Å². The van der Waals surface area contributed by atoms with Crippen LogP contribution in [0.2, 0.25) is 0 Å². The van der Waals surface area contributed by atoms with Gasteiger partial charge in [0.25, 0.3) is 0 Å². The average Bonchev–Trinajstić information content (AvgIpc) is 3.43. The van der Waals surface area contributed by atoms with E-state index < -0.39 is 79.2 Å². The number of carbonyl (C=O) groups excluding carboxylic acids is 6. The molecule has 1 fully saturated rings. The normalized spacial score (nSPS) is 15.8. The van der Waals surface area contributed by atoms with Crippen LogP contribution in [-0.4, -0.2) is 102 Å². The van der Waals surface area contributed by atoms with E-state index in [1.54, 1.807) is 30.3 Å². The van der Waals surface area contributed by atoms with E-state index in [9.17, 15) is 33.6 Å². The number of carboxylic acids is 1. The van der Waals surface area contributed by atoms with Gasteiger partial charge in [-0.2, -0.15) is 0 Å². The van der Waals surface area contributed by atoms with Crippen LogP contribution in [0.5, 0.6) is 0 Å². The molecule has 3 atom stereocenters. The number of likely N-dealkylation sites (tertiary alicyclic amines) is 1. The molecule has 0 aliphatic carbocycles. The van der Waals surface area contributed by atoms with E-state index in [0.29, 0.717) is 12.8 Å². The highest BCUT2D eigenvalue weighted by atomic mass is 16.4. The van der Waals surface area contributed by atoms with Gasteiger partial charge in [-0.3, -0.25) is 33.6 Å². The van der Waals surface area contributed by atoms with E-state index in [2.05, 4.69) is 26.6 Å². The fraction of sp³-hybridized carbons (Fsp3) is 0.480. The molecule has 218 valence electrons. The zero-order valence-corrected chi connectivity index (χ0v) is 22.1. The Balaban J connectivity index is 1.97. The van der Waals surface area contributed by atoms with Gasteiger partial charge in [0, 0.05) is 13.0 Å². The zero-order valence-electron chi connectivity index (χ0n) is 22.1. The summed E-state index contributed by atoms with van der Waals surface area (Å²) in [4.78, 5) is 86.2. The summed E-state index contributed by atoms with van der Waals surface area (Å²) in [5, 5.41) is 20.7. The second-order valence-corrected chi connectivity index (χ2v) is 9.10. The Morgan fingerprint density at radius 1 is 0.925 bits per heavy atom. The third kappa shape index (κ3) is 10.3. The highest BCUT2D eigenvalue weighted by molar-refractivity contribution is 5.95. The van der Waals surface area contributed by atoms with Gasteiger partial charge in [0.1, 0.15) is 24.7 Å². The molecule has 0 radical (unpaired) electrons. The Morgan fingerprint density at radius 3 is 2.25 bits per heavy atom.